The van der Waals surface area contributed by atoms with Crippen molar-refractivity contribution in [2.45, 2.75) is 103 Å². The van der Waals surface area contributed by atoms with Gasteiger partial charge >= 0.3 is 12.1 Å². The Bertz CT molecular complexity index is 1400. The normalized spacial score (nSPS) is 19.3. The van der Waals surface area contributed by atoms with Crippen molar-refractivity contribution in [2.75, 3.05) is 19.7 Å². The number of benzene rings is 1. The zero-order valence-corrected chi connectivity index (χ0v) is 29.9. The number of carboxylic acids is 1. The molecule has 1 heterocycles. The molecule has 1 aliphatic carbocycles. The predicted octanol–water partition coefficient (Wildman–Crippen LogP) is 3.02. The Balaban J connectivity index is 1.73. The zero-order valence-electron chi connectivity index (χ0n) is 29.9. The molecule has 5 N–H and O–H groups in total. The van der Waals surface area contributed by atoms with Crippen LogP contribution in [0.4, 0.5) is 4.79 Å². The van der Waals surface area contributed by atoms with Crippen molar-refractivity contribution >= 4 is 41.5 Å². The number of ketones is 1. The number of aliphatic carboxylic acids is 1. The number of nitrogens with one attached hydrogen (secondary N) is 4. The van der Waals surface area contributed by atoms with Crippen LogP contribution in [-0.4, -0.2) is 89.3 Å². The minimum absolute atomic E-state index is 0.104. The summed E-state index contributed by atoms with van der Waals surface area (Å²) in [4.78, 5) is 93.0. The number of carbonyl (C=O) groups excluding carboxylic acids is 6. The summed E-state index contributed by atoms with van der Waals surface area (Å²) in [7, 11) is 0. The van der Waals surface area contributed by atoms with Crippen LogP contribution in [0, 0.1) is 17.8 Å². The molecule has 51 heavy (non-hydrogen) atoms. The number of amides is 5. The van der Waals surface area contributed by atoms with Crippen molar-refractivity contribution < 1.29 is 43.4 Å². The molecule has 0 aromatic heterocycles. The second kappa shape index (κ2) is 20.2. The number of carboxylic acid groups (broad SMARTS) is 1. The lowest BCUT2D eigenvalue weighted by atomic mass is 9.83. The predicted molar refractivity (Wildman–Crippen MR) is 188 cm³/mol. The molecule has 1 saturated heterocycles. The van der Waals surface area contributed by atoms with Gasteiger partial charge in [-0.15, -0.1) is 6.58 Å². The molecule has 14 nitrogen and oxygen atoms in total. The highest BCUT2D eigenvalue weighted by atomic mass is 16.5. The summed E-state index contributed by atoms with van der Waals surface area (Å²) < 4.78 is 5.34. The van der Waals surface area contributed by atoms with Gasteiger partial charge in [0.25, 0.3) is 5.91 Å². The van der Waals surface area contributed by atoms with E-state index in [1.54, 1.807) is 31.2 Å². The Labute approximate surface area is 299 Å². The molecule has 1 aliphatic heterocycles. The molecule has 2 fully saturated rings. The summed E-state index contributed by atoms with van der Waals surface area (Å²) >= 11 is 0. The number of nitrogens with zero attached hydrogens (tertiary/aromatic N) is 1. The third kappa shape index (κ3) is 11.9. The summed E-state index contributed by atoms with van der Waals surface area (Å²) in [6.07, 6.45) is 6.77. The van der Waals surface area contributed by atoms with E-state index in [0.717, 1.165) is 32.1 Å². The highest BCUT2D eigenvalue weighted by Crippen LogP contribution is 2.32. The van der Waals surface area contributed by atoms with Gasteiger partial charge in [0.1, 0.15) is 12.1 Å². The van der Waals surface area contributed by atoms with Crippen LogP contribution in [0.2, 0.25) is 0 Å². The van der Waals surface area contributed by atoms with E-state index in [9.17, 15) is 38.7 Å². The van der Waals surface area contributed by atoms with Gasteiger partial charge in [0.15, 0.2) is 6.04 Å². The lowest BCUT2D eigenvalue weighted by Gasteiger charge is -2.35. The summed E-state index contributed by atoms with van der Waals surface area (Å²) in [6.45, 7) is 9.17. The molecule has 0 spiro atoms. The van der Waals surface area contributed by atoms with Gasteiger partial charge in [-0.1, -0.05) is 82.9 Å². The molecule has 1 aromatic carbocycles. The number of ether oxygens (including phenoxy) is 1. The third-order valence-electron chi connectivity index (χ3n) is 9.28. The minimum atomic E-state index is -1.36. The summed E-state index contributed by atoms with van der Waals surface area (Å²) in [6, 6.07) is 3.52. The molecule has 2 aliphatic rings. The van der Waals surface area contributed by atoms with Crippen LogP contribution in [0.15, 0.2) is 43.0 Å². The van der Waals surface area contributed by atoms with Crippen LogP contribution in [0.5, 0.6) is 0 Å². The molecule has 0 radical (unpaired) electrons. The monoisotopic (exact) mass is 711 g/mol. The van der Waals surface area contributed by atoms with Crippen molar-refractivity contribution in [1.29, 1.82) is 0 Å². The second-order valence-corrected chi connectivity index (χ2v) is 13.7. The fourth-order valence-electron chi connectivity index (χ4n) is 6.72. The van der Waals surface area contributed by atoms with Crippen molar-refractivity contribution in [2.24, 2.45) is 17.8 Å². The van der Waals surface area contributed by atoms with Crippen molar-refractivity contribution in [3.63, 3.8) is 0 Å². The first kappa shape index (κ1) is 40.7. The van der Waals surface area contributed by atoms with Crippen LogP contribution in [0.1, 0.15) is 90.2 Å². The van der Waals surface area contributed by atoms with E-state index in [4.69, 9.17) is 4.74 Å². The lowest BCUT2D eigenvalue weighted by molar-refractivity contribution is -0.144. The van der Waals surface area contributed by atoms with E-state index >= 15 is 0 Å². The van der Waals surface area contributed by atoms with Gasteiger partial charge in [0, 0.05) is 6.54 Å². The molecule has 3 rings (SSSR count). The average Bonchev–Trinajstić information content (AvgIpc) is 3.54. The van der Waals surface area contributed by atoms with Crippen LogP contribution in [0.25, 0.3) is 0 Å². The maximum atomic E-state index is 14.2. The quantitative estimate of drug-likeness (QED) is 0.112. The fraction of sp³-hybridized carbons (Fsp3) is 0.595. The number of hydrogen-bond donors (Lipinski definition) is 5. The van der Waals surface area contributed by atoms with Gasteiger partial charge in [0.2, 0.25) is 23.5 Å². The molecular formula is C37H53N5O9. The molecular weight excluding hydrogens is 658 g/mol. The highest BCUT2D eigenvalue weighted by molar-refractivity contribution is 6.38. The fourth-order valence-corrected chi connectivity index (χ4v) is 6.72. The molecule has 280 valence electrons. The largest absolute Gasteiger partial charge is 0.479 e. The summed E-state index contributed by atoms with van der Waals surface area (Å²) in [5.74, 6) is -5.58. The van der Waals surface area contributed by atoms with Gasteiger partial charge in [0.05, 0.1) is 19.2 Å². The molecule has 1 saturated carbocycles. The topological polar surface area (TPSA) is 200 Å². The Hall–Kier alpha value is -4.75. The zero-order chi connectivity index (χ0) is 37.5. The minimum Gasteiger partial charge on any atom is -0.479 e. The standard InChI is InChI=1S/C37H53N5O9/c1-5-13-26-19-20-42(35(47)29(24-15-9-7-10-16-24)41-37(50)51-22-23(3)4)31(26)33(45)39-27(14-6-2)32(44)34(46)38-21-28(43)40-30(36(48)49)25-17-11-8-12-18-25/h5,8,11-12,17-18,23-24,26-27,29-31H,1,6-7,9-10,13-16,19-22H2,2-4H3,(H,38,46)(H,39,45)(H,40,43)(H,41,50)(H,48,49). The first-order valence-electron chi connectivity index (χ1n) is 17.9. The maximum Gasteiger partial charge on any atom is 0.407 e. The number of rotatable bonds is 18. The molecule has 14 heteroatoms. The molecule has 1 aromatic rings. The highest BCUT2D eigenvalue weighted by Gasteiger charge is 2.46. The van der Waals surface area contributed by atoms with Crippen LogP contribution >= 0.6 is 0 Å². The first-order valence-corrected chi connectivity index (χ1v) is 17.9. The van der Waals surface area contributed by atoms with Crippen LogP contribution in [-0.2, 0) is 33.5 Å². The Morgan fingerprint density at radius 3 is 2.27 bits per heavy atom. The van der Waals surface area contributed by atoms with E-state index in [1.807, 2.05) is 13.8 Å². The van der Waals surface area contributed by atoms with E-state index in [-0.39, 0.29) is 37.3 Å². The molecule has 5 amide bonds. The number of allylic oxidation sites excluding steroid dienone is 1. The summed E-state index contributed by atoms with van der Waals surface area (Å²) in [5.41, 5.74) is 0.326. The Kier molecular flexibility index (Phi) is 16.1. The van der Waals surface area contributed by atoms with Crippen LogP contribution < -0.4 is 21.3 Å². The van der Waals surface area contributed by atoms with Gasteiger partial charge in [-0.25, -0.2) is 9.59 Å². The number of likely N-dealkylation sites (tertiary alicyclic amines) is 1. The Morgan fingerprint density at radius 1 is 0.980 bits per heavy atom. The van der Waals surface area contributed by atoms with E-state index in [0.29, 0.717) is 24.8 Å². The SMILES string of the molecule is C=CCC1CCN(C(=O)C(NC(=O)OCC(C)C)C2CCCCC2)C1C(=O)NC(CCC)C(=O)C(=O)NCC(=O)NC(C(=O)O)c1ccccc1. The Morgan fingerprint density at radius 2 is 1.67 bits per heavy atom. The maximum absolute atomic E-state index is 14.2. The van der Waals surface area contributed by atoms with Crippen molar-refractivity contribution in [3.8, 4) is 0 Å². The number of Topliss-reactive ketones (excluding diaryl/α,β-unsaturated/α-hetero) is 1. The van der Waals surface area contributed by atoms with E-state index in [2.05, 4.69) is 27.8 Å². The second-order valence-electron chi connectivity index (χ2n) is 13.7. The average molecular weight is 712 g/mol. The van der Waals surface area contributed by atoms with Crippen molar-refractivity contribution in [1.82, 2.24) is 26.2 Å². The van der Waals surface area contributed by atoms with E-state index < -0.39 is 72.2 Å². The number of hydrogen-bond acceptors (Lipinski definition) is 8. The first-order chi connectivity index (χ1) is 24.4. The number of alkyl carbamates (subject to hydrolysis) is 1. The summed E-state index contributed by atoms with van der Waals surface area (Å²) in [5, 5.41) is 19.6. The van der Waals surface area contributed by atoms with Gasteiger partial charge < -0.3 is 36.0 Å². The molecule has 5 atom stereocenters. The lowest BCUT2D eigenvalue weighted by Crippen LogP contribution is -2.59. The van der Waals surface area contributed by atoms with Gasteiger partial charge in [-0.3, -0.25) is 24.0 Å². The van der Waals surface area contributed by atoms with E-state index in [1.165, 1.54) is 17.0 Å². The van der Waals surface area contributed by atoms with Gasteiger partial charge in [-0.2, -0.15) is 0 Å². The van der Waals surface area contributed by atoms with Gasteiger partial charge in [-0.05, 0) is 55.4 Å². The van der Waals surface area contributed by atoms with Crippen molar-refractivity contribution in [3.05, 3.63) is 48.6 Å². The third-order valence-corrected chi connectivity index (χ3v) is 9.28. The molecule has 0 bridgehead atoms. The molecule has 5 unspecified atom stereocenters. The smallest absolute Gasteiger partial charge is 0.407 e. The number of carbonyl (C=O) groups is 7. The van der Waals surface area contributed by atoms with Crippen LogP contribution in [0.3, 0.4) is 0 Å².